The van der Waals surface area contributed by atoms with E-state index in [0.717, 1.165) is 19.3 Å². The molecule has 1 amide bonds. The fourth-order valence-corrected chi connectivity index (χ4v) is 1.42. The second-order valence-electron chi connectivity index (χ2n) is 4.68. The molecule has 0 bridgehead atoms. The van der Waals surface area contributed by atoms with Crippen molar-refractivity contribution in [1.82, 2.24) is 10.6 Å². The predicted octanol–water partition coefficient (Wildman–Crippen LogP) is 1.04. The Balaban J connectivity index is 3.88. The van der Waals surface area contributed by atoms with Crippen LogP contribution in [0.1, 0.15) is 47.0 Å². The summed E-state index contributed by atoms with van der Waals surface area (Å²) in [6.45, 7) is 8.31. The predicted molar refractivity (Wildman–Crippen MR) is 66.3 cm³/mol. The third-order valence-corrected chi connectivity index (χ3v) is 2.93. The van der Waals surface area contributed by atoms with E-state index in [0.29, 0.717) is 0 Å². The Morgan fingerprint density at radius 2 is 2.06 bits per heavy atom. The van der Waals surface area contributed by atoms with Crippen molar-refractivity contribution in [3.8, 4) is 0 Å². The lowest BCUT2D eigenvalue weighted by Crippen LogP contribution is -2.50. The Morgan fingerprint density at radius 3 is 2.50 bits per heavy atom. The largest absolute Gasteiger partial charge is 0.394 e. The zero-order chi connectivity index (χ0) is 12.6. The maximum atomic E-state index is 11.6. The van der Waals surface area contributed by atoms with Gasteiger partial charge in [-0.15, -0.1) is 0 Å². The monoisotopic (exact) mass is 230 g/mol. The molecule has 0 saturated carbocycles. The van der Waals surface area contributed by atoms with Crippen LogP contribution in [0.15, 0.2) is 0 Å². The molecule has 16 heavy (non-hydrogen) atoms. The summed E-state index contributed by atoms with van der Waals surface area (Å²) in [5.41, 5.74) is -0.356. The van der Waals surface area contributed by atoms with Gasteiger partial charge in [-0.05, 0) is 26.7 Å². The fraction of sp³-hybridized carbons (Fsp3) is 0.917. The number of hydrogen-bond acceptors (Lipinski definition) is 3. The first-order valence-electron chi connectivity index (χ1n) is 6.12. The molecule has 0 aliphatic carbocycles. The van der Waals surface area contributed by atoms with Crippen LogP contribution in [0.2, 0.25) is 0 Å². The van der Waals surface area contributed by atoms with Crippen molar-refractivity contribution in [3.05, 3.63) is 0 Å². The molecule has 0 aromatic carbocycles. The summed E-state index contributed by atoms with van der Waals surface area (Å²) in [6, 6.07) is 0.223. The second kappa shape index (κ2) is 7.63. The van der Waals surface area contributed by atoms with Crippen LogP contribution >= 0.6 is 0 Å². The topological polar surface area (TPSA) is 61.4 Å². The molecular weight excluding hydrogens is 204 g/mol. The zero-order valence-corrected chi connectivity index (χ0v) is 11.0. The number of carbonyl (C=O) groups excluding carboxylic acids is 1. The highest BCUT2D eigenvalue weighted by atomic mass is 16.3. The van der Waals surface area contributed by atoms with Crippen LogP contribution in [0.4, 0.5) is 0 Å². The second-order valence-corrected chi connectivity index (χ2v) is 4.68. The summed E-state index contributed by atoms with van der Waals surface area (Å²) in [5, 5.41) is 15.2. The first kappa shape index (κ1) is 15.4. The Morgan fingerprint density at radius 1 is 1.44 bits per heavy atom. The number of hydrogen-bond donors (Lipinski definition) is 3. The van der Waals surface area contributed by atoms with Gasteiger partial charge in [-0.25, -0.2) is 0 Å². The third kappa shape index (κ3) is 6.08. The number of nitrogens with one attached hydrogen (secondary N) is 2. The lowest BCUT2D eigenvalue weighted by atomic mass is 10.0. The van der Waals surface area contributed by atoms with Gasteiger partial charge in [0.25, 0.3) is 0 Å². The van der Waals surface area contributed by atoms with Crippen molar-refractivity contribution in [1.29, 1.82) is 0 Å². The summed E-state index contributed by atoms with van der Waals surface area (Å²) in [6.07, 6.45) is 2.86. The van der Waals surface area contributed by atoms with E-state index in [1.54, 1.807) is 0 Å². The lowest BCUT2D eigenvalue weighted by Gasteiger charge is -2.27. The van der Waals surface area contributed by atoms with Gasteiger partial charge in [-0.1, -0.05) is 20.3 Å². The van der Waals surface area contributed by atoms with Gasteiger partial charge in [-0.2, -0.15) is 0 Å². The van der Waals surface area contributed by atoms with Crippen LogP contribution in [-0.2, 0) is 4.79 Å². The molecule has 0 aliphatic rings. The normalized spacial score (nSPS) is 16.6. The number of rotatable bonds is 8. The minimum Gasteiger partial charge on any atom is -0.394 e. The maximum absolute atomic E-state index is 11.6. The summed E-state index contributed by atoms with van der Waals surface area (Å²) >= 11 is 0. The molecule has 0 radical (unpaired) electrons. The summed E-state index contributed by atoms with van der Waals surface area (Å²) < 4.78 is 0. The van der Waals surface area contributed by atoms with E-state index in [9.17, 15) is 9.90 Å². The van der Waals surface area contributed by atoms with Crippen molar-refractivity contribution in [3.63, 3.8) is 0 Å². The Labute approximate surface area is 98.8 Å². The number of aliphatic hydroxyl groups excluding tert-OH is 1. The minimum atomic E-state index is -0.356. The fourth-order valence-electron chi connectivity index (χ4n) is 1.42. The molecule has 0 saturated heterocycles. The number of aliphatic hydroxyl groups is 1. The van der Waals surface area contributed by atoms with Crippen LogP contribution < -0.4 is 10.6 Å². The first-order chi connectivity index (χ1) is 7.47. The average Bonchev–Trinajstić information content (AvgIpc) is 2.26. The van der Waals surface area contributed by atoms with Gasteiger partial charge in [0.15, 0.2) is 0 Å². The van der Waals surface area contributed by atoms with Gasteiger partial charge < -0.3 is 15.7 Å². The smallest absolute Gasteiger partial charge is 0.234 e. The molecule has 2 atom stereocenters. The van der Waals surface area contributed by atoms with Crippen molar-refractivity contribution >= 4 is 5.91 Å². The number of carbonyl (C=O) groups is 1. The summed E-state index contributed by atoms with van der Waals surface area (Å²) in [5.74, 6) is -0.00549. The average molecular weight is 230 g/mol. The highest BCUT2D eigenvalue weighted by Crippen LogP contribution is 2.06. The highest BCUT2D eigenvalue weighted by molar-refractivity contribution is 5.78. The SMILES string of the molecule is CCCC(C)NC(=O)CNC(C)(CC)CO. The van der Waals surface area contributed by atoms with Crippen LogP contribution in [0.3, 0.4) is 0 Å². The van der Waals surface area contributed by atoms with E-state index in [4.69, 9.17) is 0 Å². The van der Waals surface area contributed by atoms with Crippen molar-refractivity contribution < 1.29 is 9.90 Å². The minimum absolute atomic E-state index is 0.00549. The molecule has 4 heteroatoms. The van der Waals surface area contributed by atoms with Gasteiger partial charge in [0.2, 0.25) is 5.91 Å². The van der Waals surface area contributed by atoms with Gasteiger partial charge in [0.05, 0.1) is 13.2 Å². The van der Waals surface area contributed by atoms with E-state index < -0.39 is 0 Å². The Kier molecular flexibility index (Phi) is 7.34. The van der Waals surface area contributed by atoms with E-state index in [-0.39, 0.29) is 30.6 Å². The molecule has 0 aromatic heterocycles. The van der Waals surface area contributed by atoms with Crippen LogP contribution in [0, 0.1) is 0 Å². The first-order valence-corrected chi connectivity index (χ1v) is 6.12. The van der Waals surface area contributed by atoms with Gasteiger partial charge in [0.1, 0.15) is 0 Å². The summed E-state index contributed by atoms with van der Waals surface area (Å²) in [7, 11) is 0. The molecule has 4 nitrogen and oxygen atoms in total. The molecule has 96 valence electrons. The molecule has 0 aromatic rings. The van der Waals surface area contributed by atoms with E-state index in [1.165, 1.54) is 0 Å². The molecule has 3 N–H and O–H groups in total. The highest BCUT2D eigenvalue weighted by Gasteiger charge is 2.21. The zero-order valence-electron chi connectivity index (χ0n) is 11.0. The maximum Gasteiger partial charge on any atom is 0.234 e. The van der Waals surface area contributed by atoms with Gasteiger partial charge >= 0.3 is 0 Å². The standard InChI is InChI=1S/C12H26N2O2/c1-5-7-10(3)14-11(16)8-13-12(4,6-2)9-15/h10,13,15H,5-9H2,1-4H3,(H,14,16). The van der Waals surface area contributed by atoms with E-state index >= 15 is 0 Å². The van der Waals surface area contributed by atoms with Crippen LogP contribution in [-0.4, -0.2) is 35.7 Å². The quantitative estimate of drug-likeness (QED) is 0.584. The number of amides is 1. The molecular formula is C12H26N2O2. The Hall–Kier alpha value is -0.610. The molecule has 0 aliphatic heterocycles. The van der Waals surface area contributed by atoms with Crippen LogP contribution in [0.5, 0.6) is 0 Å². The molecule has 0 heterocycles. The summed E-state index contributed by atoms with van der Waals surface area (Å²) in [4.78, 5) is 11.6. The molecule has 0 rings (SSSR count). The van der Waals surface area contributed by atoms with E-state index in [2.05, 4.69) is 17.6 Å². The van der Waals surface area contributed by atoms with Gasteiger partial charge in [0, 0.05) is 11.6 Å². The molecule has 2 unspecified atom stereocenters. The Bertz CT molecular complexity index is 203. The van der Waals surface area contributed by atoms with Crippen molar-refractivity contribution in [2.75, 3.05) is 13.2 Å². The third-order valence-electron chi connectivity index (χ3n) is 2.93. The van der Waals surface area contributed by atoms with Gasteiger partial charge in [-0.3, -0.25) is 4.79 Å². The lowest BCUT2D eigenvalue weighted by molar-refractivity contribution is -0.121. The van der Waals surface area contributed by atoms with Crippen molar-refractivity contribution in [2.45, 2.75) is 58.5 Å². The van der Waals surface area contributed by atoms with Crippen molar-refractivity contribution in [2.24, 2.45) is 0 Å². The molecule has 0 fully saturated rings. The van der Waals surface area contributed by atoms with E-state index in [1.807, 2.05) is 20.8 Å². The van der Waals surface area contributed by atoms with Crippen LogP contribution in [0.25, 0.3) is 0 Å². The molecule has 0 spiro atoms.